The third-order valence-corrected chi connectivity index (χ3v) is 4.31. The minimum absolute atomic E-state index is 0.271. The van der Waals surface area contributed by atoms with Crippen LogP contribution in [0.3, 0.4) is 0 Å². The third kappa shape index (κ3) is 3.47. The monoisotopic (exact) mass is 355 g/mol. The molecule has 1 aliphatic rings. The maximum atomic E-state index is 13.0. The van der Waals surface area contributed by atoms with E-state index in [0.29, 0.717) is 18.0 Å². The number of fused-ring (bicyclic) bond motifs is 1. The molecule has 2 aromatic carbocycles. The Bertz CT molecular complexity index is 796. The van der Waals surface area contributed by atoms with Gasteiger partial charge in [0, 0.05) is 12.2 Å². The highest BCUT2D eigenvalue weighted by Crippen LogP contribution is 2.43. The largest absolute Gasteiger partial charge is 0.493 e. The lowest BCUT2D eigenvalue weighted by molar-refractivity contribution is -0.156. The Kier molecular flexibility index (Phi) is 4.81. The van der Waals surface area contributed by atoms with Gasteiger partial charge in [0.2, 0.25) is 0 Å². The second kappa shape index (κ2) is 6.90. The van der Waals surface area contributed by atoms with Crippen LogP contribution in [0.4, 0.5) is 5.69 Å². The molecule has 1 heterocycles. The quantitative estimate of drug-likeness (QED) is 0.773. The summed E-state index contributed by atoms with van der Waals surface area (Å²) in [5.41, 5.74) is 2.33. The van der Waals surface area contributed by atoms with E-state index in [1.54, 1.807) is 14.2 Å². The van der Waals surface area contributed by atoms with Crippen LogP contribution in [0, 0.1) is 0 Å². The predicted molar refractivity (Wildman–Crippen MR) is 101 cm³/mol. The average molecular weight is 355 g/mol. The number of benzene rings is 2. The molecule has 0 aliphatic carbocycles. The van der Waals surface area contributed by atoms with E-state index in [9.17, 15) is 4.79 Å². The number of para-hydroxylation sites is 1. The lowest BCUT2D eigenvalue weighted by Gasteiger charge is -2.29. The molecule has 0 bridgehead atoms. The van der Waals surface area contributed by atoms with Crippen molar-refractivity contribution in [2.45, 2.75) is 39.0 Å². The van der Waals surface area contributed by atoms with Gasteiger partial charge in [-0.15, -0.1) is 0 Å². The van der Waals surface area contributed by atoms with Crippen molar-refractivity contribution in [1.82, 2.24) is 0 Å². The maximum Gasteiger partial charge on any atom is 0.334 e. The molecule has 0 saturated carbocycles. The Labute approximate surface area is 154 Å². The van der Waals surface area contributed by atoms with E-state index in [0.717, 1.165) is 16.8 Å². The fourth-order valence-corrected chi connectivity index (χ4v) is 3.24. The van der Waals surface area contributed by atoms with Crippen molar-refractivity contribution < 1.29 is 19.0 Å². The van der Waals surface area contributed by atoms with Crippen LogP contribution >= 0.6 is 0 Å². The minimum Gasteiger partial charge on any atom is -0.493 e. The van der Waals surface area contributed by atoms with Crippen LogP contribution in [-0.4, -0.2) is 25.8 Å². The van der Waals surface area contributed by atoms with Gasteiger partial charge in [-0.2, -0.15) is 0 Å². The summed E-state index contributed by atoms with van der Waals surface area (Å²) in [5, 5.41) is 0. The summed E-state index contributed by atoms with van der Waals surface area (Å²) in [6.07, 6.45) is 0. The van der Waals surface area contributed by atoms with Crippen LogP contribution in [0.15, 0.2) is 42.5 Å². The zero-order valence-electron chi connectivity index (χ0n) is 15.9. The first kappa shape index (κ1) is 18.1. The van der Waals surface area contributed by atoms with E-state index in [4.69, 9.17) is 14.2 Å². The van der Waals surface area contributed by atoms with Gasteiger partial charge in [-0.3, -0.25) is 0 Å². The Hall–Kier alpha value is -2.69. The number of anilines is 1. The van der Waals surface area contributed by atoms with Crippen molar-refractivity contribution in [2.75, 3.05) is 19.1 Å². The molecule has 1 atom stereocenters. The van der Waals surface area contributed by atoms with Crippen LogP contribution in [0.1, 0.15) is 37.9 Å². The highest BCUT2D eigenvalue weighted by Gasteiger charge is 2.39. The van der Waals surface area contributed by atoms with Crippen LogP contribution in [0.2, 0.25) is 0 Å². The van der Waals surface area contributed by atoms with Gasteiger partial charge in [0.1, 0.15) is 5.60 Å². The van der Waals surface area contributed by atoms with Crippen LogP contribution in [0.5, 0.6) is 11.5 Å². The number of carbonyl (C=O) groups is 1. The molecular weight excluding hydrogens is 330 g/mol. The van der Waals surface area contributed by atoms with E-state index in [2.05, 4.69) is 4.90 Å². The summed E-state index contributed by atoms with van der Waals surface area (Å²) in [4.78, 5) is 15.1. The van der Waals surface area contributed by atoms with Gasteiger partial charge < -0.3 is 19.1 Å². The smallest absolute Gasteiger partial charge is 0.334 e. The molecule has 0 fully saturated rings. The van der Waals surface area contributed by atoms with E-state index >= 15 is 0 Å². The second-order valence-electron chi connectivity index (χ2n) is 7.31. The molecule has 1 unspecified atom stereocenters. The Morgan fingerprint density at radius 1 is 1.04 bits per heavy atom. The van der Waals surface area contributed by atoms with E-state index in [1.807, 2.05) is 63.2 Å². The lowest BCUT2D eigenvalue weighted by Crippen LogP contribution is -2.34. The maximum absolute atomic E-state index is 13.0. The SMILES string of the molecule is COc1cc2c(cc1OC)C(C(=O)OC(C)(C)C)N(c1ccccc1)C2. The zero-order valence-corrected chi connectivity index (χ0v) is 15.9. The summed E-state index contributed by atoms with van der Waals surface area (Å²) in [6, 6.07) is 13.2. The van der Waals surface area contributed by atoms with Gasteiger partial charge in [-0.1, -0.05) is 18.2 Å². The Morgan fingerprint density at radius 2 is 1.65 bits per heavy atom. The fourth-order valence-electron chi connectivity index (χ4n) is 3.24. The normalized spacial score (nSPS) is 16.2. The molecule has 1 aliphatic heterocycles. The molecular formula is C21H25NO4. The van der Waals surface area contributed by atoms with Gasteiger partial charge in [0.25, 0.3) is 0 Å². The molecule has 0 amide bonds. The average Bonchev–Trinajstić information content (AvgIpc) is 2.98. The molecule has 0 aromatic heterocycles. The standard InChI is InChI=1S/C21H25NO4/c1-21(2,3)26-20(23)19-16-12-18(25-5)17(24-4)11-14(16)13-22(19)15-9-7-6-8-10-15/h6-12,19H,13H2,1-5H3. The number of rotatable bonds is 4. The van der Waals surface area contributed by atoms with Crippen molar-refractivity contribution in [1.29, 1.82) is 0 Å². The van der Waals surface area contributed by atoms with E-state index in [1.165, 1.54) is 0 Å². The van der Waals surface area contributed by atoms with Crippen LogP contribution in [0.25, 0.3) is 0 Å². The first-order chi connectivity index (χ1) is 12.3. The predicted octanol–water partition coefficient (Wildman–Crippen LogP) is 4.11. The number of nitrogens with zero attached hydrogens (tertiary/aromatic N) is 1. The summed E-state index contributed by atoms with van der Waals surface area (Å²) >= 11 is 0. The number of ether oxygens (including phenoxy) is 3. The highest BCUT2D eigenvalue weighted by atomic mass is 16.6. The minimum atomic E-state index is -0.557. The van der Waals surface area contributed by atoms with Crippen LogP contribution in [-0.2, 0) is 16.1 Å². The number of esters is 1. The second-order valence-corrected chi connectivity index (χ2v) is 7.31. The topological polar surface area (TPSA) is 48.0 Å². The number of hydrogen-bond donors (Lipinski definition) is 0. The molecule has 0 N–H and O–H groups in total. The van der Waals surface area contributed by atoms with E-state index < -0.39 is 11.6 Å². The summed E-state index contributed by atoms with van der Waals surface area (Å²) in [5.74, 6) is 0.992. The summed E-state index contributed by atoms with van der Waals surface area (Å²) in [6.45, 7) is 6.23. The molecule has 0 spiro atoms. The number of hydrogen-bond acceptors (Lipinski definition) is 5. The van der Waals surface area contributed by atoms with Gasteiger partial charge in [0.05, 0.1) is 14.2 Å². The molecule has 5 heteroatoms. The molecule has 5 nitrogen and oxygen atoms in total. The molecule has 138 valence electrons. The van der Waals surface area contributed by atoms with Crippen molar-refractivity contribution in [3.8, 4) is 11.5 Å². The Balaban J connectivity index is 2.08. The first-order valence-corrected chi connectivity index (χ1v) is 8.63. The van der Waals surface area contributed by atoms with Crippen molar-refractivity contribution in [3.63, 3.8) is 0 Å². The molecule has 3 rings (SSSR count). The van der Waals surface area contributed by atoms with Gasteiger partial charge >= 0.3 is 5.97 Å². The first-order valence-electron chi connectivity index (χ1n) is 8.63. The van der Waals surface area contributed by atoms with Crippen LogP contribution < -0.4 is 14.4 Å². The fraction of sp³-hybridized carbons (Fsp3) is 0.381. The van der Waals surface area contributed by atoms with Crippen molar-refractivity contribution >= 4 is 11.7 Å². The van der Waals surface area contributed by atoms with Gasteiger partial charge in [-0.25, -0.2) is 4.79 Å². The van der Waals surface area contributed by atoms with Gasteiger partial charge in [0.15, 0.2) is 17.5 Å². The summed E-state index contributed by atoms with van der Waals surface area (Å²) in [7, 11) is 3.20. The zero-order chi connectivity index (χ0) is 18.9. The lowest BCUT2D eigenvalue weighted by atomic mass is 10.0. The highest BCUT2D eigenvalue weighted by molar-refractivity contribution is 5.85. The number of methoxy groups -OCH3 is 2. The third-order valence-electron chi connectivity index (χ3n) is 4.31. The molecule has 26 heavy (non-hydrogen) atoms. The molecule has 0 radical (unpaired) electrons. The van der Waals surface area contributed by atoms with Crippen molar-refractivity contribution in [3.05, 3.63) is 53.6 Å². The van der Waals surface area contributed by atoms with Crippen molar-refractivity contribution in [2.24, 2.45) is 0 Å². The van der Waals surface area contributed by atoms with Gasteiger partial charge in [-0.05, 0) is 56.2 Å². The Morgan fingerprint density at radius 3 is 2.23 bits per heavy atom. The molecule has 2 aromatic rings. The summed E-state index contributed by atoms with van der Waals surface area (Å²) < 4.78 is 16.6. The number of carbonyl (C=O) groups excluding carboxylic acids is 1. The van der Waals surface area contributed by atoms with E-state index in [-0.39, 0.29) is 5.97 Å². The molecule has 0 saturated heterocycles.